The molecule has 20 heavy (non-hydrogen) atoms. The van der Waals surface area contributed by atoms with Gasteiger partial charge in [-0.2, -0.15) is 10.5 Å². The van der Waals surface area contributed by atoms with Crippen molar-refractivity contribution in [2.24, 2.45) is 0 Å². The number of hydrogen-bond donors (Lipinski definition) is 1. The van der Waals surface area contributed by atoms with Gasteiger partial charge in [-0.25, -0.2) is 4.39 Å². The molecule has 4 heteroatoms. The molecule has 1 N–H and O–H groups in total. The van der Waals surface area contributed by atoms with Crippen LogP contribution in [0.2, 0.25) is 0 Å². The van der Waals surface area contributed by atoms with Gasteiger partial charge < -0.3 is 5.32 Å². The first-order valence-corrected chi connectivity index (χ1v) is 6.11. The van der Waals surface area contributed by atoms with Crippen molar-refractivity contribution in [3.05, 3.63) is 65.0 Å². The molecular formula is C16H12FN3. The van der Waals surface area contributed by atoms with Gasteiger partial charge in [0, 0.05) is 17.8 Å². The van der Waals surface area contributed by atoms with Crippen LogP contribution in [0.3, 0.4) is 0 Å². The van der Waals surface area contributed by atoms with Crippen molar-refractivity contribution in [3.63, 3.8) is 0 Å². The third kappa shape index (κ3) is 3.34. The molecule has 0 bridgehead atoms. The molecule has 0 aliphatic carbocycles. The van der Waals surface area contributed by atoms with E-state index in [2.05, 4.69) is 11.4 Å². The standard InChI is InChI=1S/C16H12FN3/c17-16-9-13(10-19)1-4-14(16)11-20-15-5-2-12(3-6-15)7-8-18/h1-6,9,20H,7,11H2. The fraction of sp³-hybridized carbons (Fsp3) is 0.125. The Morgan fingerprint density at radius 1 is 1.05 bits per heavy atom. The molecule has 3 nitrogen and oxygen atoms in total. The van der Waals surface area contributed by atoms with E-state index in [9.17, 15) is 4.39 Å². The minimum atomic E-state index is -0.391. The van der Waals surface area contributed by atoms with Gasteiger partial charge in [-0.05, 0) is 29.8 Å². The normalized spacial score (nSPS) is 9.55. The van der Waals surface area contributed by atoms with Gasteiger partial charge in [0.15, 0.2) is 0 Å². The molecule has 0 fully saturated rings. The summed E-state index contributed by atoms with van der Waals surface area (Å²) in [7, 11) is 0. The molecule has 0 aliphatic rings. The quantitative estimate of drug-likeness (QED) is 0.921. The Labute approximate surface area is 116 Å². The minimum absolute atomic E-state index is 0.312. The molecule has 0 atom stereocenters. The van der Waals surface area contributed by atoms with Crippen molar-refractivity contribution in [2.45, 2.75) is 13.0 Å². The average Bonchev–Trinajstić information content (AvgIpc) is 2.48. The van der Waals surface area contributed by atoms with Gasteiger partial charge in [-0.1, -0.05) is 18.2 Å². The molecule has 0 saturated heterocycles. The van der Waals surface area contributed by atoms with Crippen molar-refractivity contribution < 1.29 is 4.39 Å². The summed E-state index contributed by atoms with van der Waals surface area (Å²) in [4.78, 5) is 0. The second-order valence-electron chi connectivity index (χ2n) is 4.30. The van der Waals surface area contributed by atoms with E-state index in [1.807, 2.05) is 30.3 Å². The van der Waals surface area contributed by atoms with E-state index >= 15 is 0 Å². The van der Waals surface area contributed by atoms with Gasteiger partial charge in [0.25, 0.3) is 0 Å². The van der Waals surface area contributed by atoms with Gasteiger partial charge in [0.1, 0.15) is 5.82 Å². The molecule has 0 heterocycles. The highest BCUT2D eigenvalue weighted by atomic mass is 19.1. The summed E-state index contributed by atoms with van der Waals surface area (Å²) in [5.41, 5.74) is 2.62. The number of nitrogens with one attached hydrogen (secondary N) is 1. The maximum absolute atomic E-state index is 13.7. The molecule has 2 rings (SSSR count). The first-order chi connectivity index (χ1) is 9.72. The van der Waals surface area contributed by atoms with Crippen LogP contribution in [0.25, 0.3) is 0 Å². The van der Waals surface area contributed by atoms with Gasteiger partial charge in [-0.3, -0.25) is 0 Å². The molecule has 2 aromatic carbocycles. The molecule has 98 valence electrons. The topological polar surface area (TPSA) is 59.6 Å². The monoisotopic (exact) mass is 265 g/mol. The lowest BCUT2D eigenvalue weighted by atomic mass is 10.1. The fourth-order valence-corrected chi connectivity index (χ4v) is 1.79. The highest BCUT2D eigenvalue weighted by Crippen LogP contribution is 2.14. The third-order valence-electron chi connectivity index (χ3n) is 2.90. The van der Waals surface area contributed by atoms with Crippen LogP contribution in [0.4, 0.5) is 10.1 Å². The summed E-state index contributed by atoms with van der Waals surface area (Å²) in [6.45, 7) is 0.342. The summed E-state index contributed by atoms with van der Waals surface area (Å²) in [5, 5.41) is 20.4. The van der Waals surface area contributed by atoms with Gasteiger partial charge in [0.05, 0.1) is 24.1 Å². The van der Waals surface area contributed by atoms with E-state index in [0.29, 0.717) is 24.1 Å². The number of nitriles is 2. The van der Waals surface area contributed by atoms with E-state index in [0.717, 1.165) is 11.3 Å². The Bertz CT molecular complexity index is 678. The first-order valence-electron chi connectivity index (χ1n) is 6.11. The van der Waals surface area contributed by atoms with E-state index in [-0.39, 0.29) is 0 Å². The highest BCUT2D eigenvalue weighted by Gasteiger charge is 2.03. The van der Waals surface area contributed by atoms with Crippen molar-refractivity contribution in [1.82, 2.24) is 0 Å². The molecule has 0 radical (unpaired) electrons. The lowest BCUT2D eigenvalue weighted by molar-refractivity contribution is 0.612. The minimum Gasteiger partial charge on any atom is -0.381 e. The van der Waals surface area contributed by atoms with Gasteiger partial charge in [-0.15, -0.1) is 0 Å². The summed E-state index contributed by atoms with van der Waals surface area (Å²) in [6, 6.07) is 15.8. The molecule has 0 spiro atoms. The van der Waals surface area contributed by atoms with Gasteiger partial charge >= 0.3 is 0 Å². The Hall–Kier alpha value is -2.85. The first kappa shape index (κ1) is 13.6. The lowest BCUT2D eigenvalue weighted by Crippen LogP contribution is -2.02. The zero-order valence-electron chi connectivity index (χ0n) is 10.7. The van der Waals surface area contributed by atoms with Crippen LogP contribution in [0, 0.1) is 28.5 Å². The molecule has 0 unspecified atom stereocenters. The molecule has 0 saturated carbocycles. The van der Waals surface area contributed by atoms with Crippen molar-refractivity contribution >= 4 is 5.69 Å². The molecule has 0 amide bonds. The number of anilines is 1. The summed E-state index contributed by atoms with van der Waals surface area (Å²) in [5.74, 6) is -0.391. The Morgan fingerprint density at radius 3 is 2.40 bits per heavy atom. The number of nitrogens with zero attached hydrogens (tertiary/aromatic N) is 2. The molecule has 0 aromatic heterocycles. The lowest BCUT2D eigenvalue weighted by Gasteiger charge is -2.08. The Balaban J connectivity index is 2.02. The van der Waals surface area contributed by atoms with Crippen LogP contribution in [0.5, 0.6) is 0 Å². The number of benzene rings is 2. The van der Waals surface area contributed by atoms with Crippen LogP contribution in [0.1, 0.15) is 16.7 Å². The van der Waals surface area contributed by atoms with E-state index < -0.39 is 5.82 Å². The van der Waals surface area contributed by atoms with Crippen molar-refractivity contribution in [1.29, 1.82) is 10.5 Å². The van der Waals surface area contributed by atoms with Crippen LogP contribution in [0.15, 0.2) is 42.5 Å². The Morgan fingerprint density at radius 2 is 1.80 bits per heavy atom. The fourth-order valence-electron chi connectivity index (χ4n) is 1.79. The summed E-state index contributed by atoms with van der Waals surface area (Å²) >= 11 is 0. The van der Waals surface area contributed by atoms with Crippen LogP contribution < -0.4 is 5.32 Å². The third-order valence-corrected chi connectivity index (χ3v) is 2.90. The van der Waals surface area contributed by atoms with Crippen LogP contribution >= 0.6 is 0 Å². The summed E-state index contributed by atoms with van der Waals surface area (Å²) < 4.78 is 13.7. The van der Waals surface area contributed by atoms with Crippen molar-refractivity contribution in [2.75, 3.05) is 5.32 Å². The van der Waals surface area contributed by atoms with Crippen LogP contribution in [-0.4, -0.2) is 0 Å². The maximum Gasteiger partial charge on any atom is 0.129 e. The second kappa shape index (κ2) is 6.36. The number of rotatable bonds is 4. The largest absolute Gasteiger partial charge is 0.381 e. The maximum atomic E-state index is 13.7. The number of hydrogen-bond acceptors (Lipinski definition) is 3. The molecule has 0 aliphatic heterocycles. The predicted octanol–water partition coefficient (Wildman–Crippen LogP) is 3.38. The zero-order chi connectivity index (χ0) is 14.4. The van der Waals surface area contributed by atoms with Gasteiger partial charge in [0.2, 0.25) is 0 Å². The van der Waals surface area contributed by atoms with E-state index in [4.69, 9.17) is 10.5 Å². The number of halogens is 1. The zero-order valence-corrected chi connectivity index (χ0v) is 10.7. The highest BCUT2D eigenvalue weighted by molar-refractivity contribution is 5.46. The second-order valence-corrected chi connectivity index (χ2v) is 4.30. The predicted molar refractivity (Wildman–Crippen MR) is 74.2 cm³/mol. The molecule has 2 aromatic rings. The van der Waals surface area contributed by atoms with E-state index in [1.165, 1.54) is 6.07 Å². The molecular weight excluding hydrogens is 253 g/mol. The van der Waals surface area contributed by atoms with Crippen LogP contribution in [-0.2, 0) is 13.0 Å². The van der Waals surface area contributed by atoms with E-state index in [1.54, 1.807) is 12.1 Å². The average molecular weight is 265 g/mol. The smallest absolute Gasteiger partial charge is 0.129 e. The Kier molecular flexibility index (Phi) is 4.32. The summed E-state index contributed by atoms with van der Waals surface area (Å²) in [6.07, 6.45) is 0.379. The SMILES string of the molecule is N#CCc1ccc(NCc2ccc(C#N)cc2F)cc1. The van der Waals surface area contributed by atoms with Crippen molar-refractivity contribution in [3.8, 4) is 12.1 Å².